The van der Waals surface area contributed by atoms with Crippen molar-refractivity contribution >= 4 is 0 Å². The number of hydrogen-bond acceptors (Lipinski definition) is 1. The summed E-state index contributed by atoms with van der Waals surface area (Å²) in [4.78, 5) is 0. The van der Waals surface area contributed by atoms with E-state index in [1.807, 2.05) is 0 Å². The van der Waals surface area contributed by atoms with E-state index in [1.165, 1.54) is 62.6 Å². The van der Waals surface area contributed by atoms with Crippen molar-refractivity contribution in [2.75, 3.05) is 33.8 Å². The van der Waals surface area contributed by atoms with Gasteiger partial charge in [0, 0.05) is 7.11 Å². The lowest BCUT2D eigenvalue weighted by molar-refractivity contribution is -0.910. The minimum atomic E-state index is 1.00. The summed E-state index contributed by atoms with van der Waals surface area (Å²) in [5, 5.41) is 7.00. The van der Waals surface area contributed by atoms with Gasteiger partial charge in [-0.15, -0.1) is 0 Å². The minimum absolute atomic E-state index is 1.00. The highest BCUT2D eigenvalue weighted by Crippen LogP contribution is 2.10. The molecule has 100 valence electrons. The predicted molar refractivity (Wildman–Crippen MR) is 73.7 cm³/mol. The van der Waals surface area contributed by atoms with Gasteiger partial charge in [-0.2, -0.15) is 0 Å². The molecule has 2 heteroatoms. The Labute approximate surface area is 103 Å². The molecule has 2 nitrogen and oxygen atoms in total. The van der Waals surface area contributed by atoms with Crippen molar-refractivity contribution in [3.05, 3.63) is 0 Å². The van der Waals surface area contributed by atoms with Crippen LogP contribution >= 0.6 is 0 Å². The van der Waals surface area contributed by atoms with E-state index in [9.17, 15) is 0 Å². The van der Waals surface area contributed by atoms with Crippen molar-refractivity contribution in [1.29, 1.82) is 0 Å². The molecule has 0 spiro atoms. The van der Waals surface area contributed by atoms with Crippen molar-refractivity contribution in [3.63, 3.8) is 0 Å². The number of nitrogens with zero attached hydrogens (tertiary/aromatic N) is 1. The Morgan fingerprint density at radius 3 is 1.12 bits per heavy atom. The van der Waals surface area contributed by atoms with E-state index in [2.05, 4.69) is 27.8 Å². The largest absolute Gasteiger partial charge is 0.400 e. The lowest BCUT2D eigenvalue weighted by Crippen LogP contribution is -2.46. The van der Waals surface area contributed by atoms with Crippen LogP contribution in [-0.2, 0) is 0 Å². The fraction of sp³-hybridized carbons (Fsp3) is 1.00. The van der Waals surface area contributed by atoms with Crippen molar-refractivity contribution in [2.45, 2.75) is 59.3 Å². The molecule has 0 aromatic rings. The van der Waals surface area contributed by atoms with Crippen LogP contribution in [0.3, 0.4) is 0 Å². The summed E-state index contributed by atoms with van der Waals surface area (Å²) in [5.74, 6) is 0. The third-order valence-electron chi connectivity index (χ3n) is 3.15. The van der Waals surface area contributed by atoms with Crippen LogP contribution in [0.25, 0.3) is 0 Å². The second-order valence-corrected chi connectivity index (χ2v) is 4.85. The maximum Gasteiger partial charge on any atom is 0.0784 e. The number of unbranched alkanes of at least 4 members (excludes halogenated alkanes) is 3. The first-order valence-electron chi connectivity index (χ1n) is 6.96. The maximum absolute atomic E-state index is 7.00. The number of rotatable bonds is 9. The molecule has 0 aliphatic rings. The highest BCUT2D eigenvalue weighted by molar-refractivity contribution is 4.43. The van der Waals surface area contributed by atoms with Crippen LogP contribution in [0.15, 0.2) is 0 Å². The van der Waals surface area contributed by atoms with Crippen molar-refractivity contribution in [1.82, 2.24) is 0 Å². The normalized spacial score (nSPS) is 10.9. The van der Waals surface area contributed by atoms with Crippen LogP contribution < -0.4 is 0 Å². The molecule has 1 N–H and O–H groups in total. The third-order valence-corrected chi connectivity index (χ3v) is 3.15. The van der Waals surface area contributed by atoms with Gasteiger partial charge in [-0.25, -0.2) is 0 Å². The van der Waals surface area contributed by atoms with E-state index >= 15 is 0 Å². The van der Waals surface area contributed by atoms with E-state index in [-0.39, 0.29) is 0 Å². The molecular weight excluding hydrogens is 198 g/mol. The van der Waals surface area contributed by atoms with E-state index < -0.39 is 0 Å². The Bertz CT molecular complexity index is 104. The second kappa shape index (κ2) is 13.0. The smallest absolute Gasteiger partial charge is 0.0784 e. The molecule has 0 fully saturated rings. The first-order valence-corrected chi connectivity index (χ1v) is 6.96. The molecule has 0 bridgehead atoms. The zero-order valence-corrected chi connectivity index (χ0v) is 12.3. The van der Waals surface area contributed by atoms with Crippen molar-refractivity contribution in [2.24, 2.45) is 0 Å². The lowest BCUT2D eigenvalue weighted by Gasteiger charge is -2.34. The molecule has 0 amide bonds. The van der Waals surface area contributed by atoms with Gasteiger partial charge in [0.1, 0.15) is 0 Å². The highest BCUT2D eigenvalue weighted by Gasteiger charge is 2.18. The van der Waals surface area contributed by atoms with Crippen molar-refractivity contribution in [3.8, 4) is 0 Å². The summed E-state index contributed by atoms with van der Waals surface area (Å²) in [6, 6.07) is 0. The monoisotopic (exact) mass is 232 g/mol. The van der Waals surface area contributed by atoms with Gasteiger partial charge >= 0.3 is 0 Å². The summed E-state index contributed by atoms with van der Waals surface area (Å²) >= 11 is 0. The Balaban J connectivity index is 0. The molecule has 0 heterocycles. The van der Waals surface area contributed by atoms with E-state index in [0.717, 1.165) is 7.11 Å². The zero-order chi connectivity index (χ0) is 12.9. The first-order chi connectivity index (χ1) is 7.68. The lowest BCUT2D eigenvalue weighted by atomic mass is 10.2. The second-order valence-electron chi connectivity index (χ2n) is 4.85. The van der Waals surface area contributed by atoms with Crippen LogP contribution in [-0.4, -0.2) is 43.4 Å². The number of aliphatic hydroxyl groups excluding tert-OH is 1. The van der Waals surface area contributed by atoms with Gasteiger partial charge in [0.05, 0.1) is 26.7 Å². The van der Waals surface area contributed by atoms with Gasteiger partial charge in [0.2, 0.25) is 0 Å². The quantitative estimate of drug-likeness (QED) is 0.604. The van der Waals surface area contributed by atoms with Gasteiger partial charge in [-0.3, -0.25) is 0 Å². The van der Waals surface area contributed by atoms with Gasteiger partial charge < -0.3 is 9.59 Å². The number of quaternary nitrogens is 1. The summed E-state index contributed by atoms with van der Waals surface area (Å²) in [6.07, 6.45) is 8.20. The third kappa shape index (κ3) is 10.4. The molecule has 0 aromatic carbocycles. The molecule has 0 aliphatic heterocycles. The van der Waals surface area contributed by atoms with Gasteiger partial charge in [0.15, 0.2) is 0 Å². The van der Waals surface area contributed by atoms with Crippen LogP contribution in [0.1, 0.15) is 59.3 Å². The molecule has 0 unspecified atom stereocenters. The topological polar surface area (TPSA) is 20.2 Å². The van der Waals surface area contributed by atoms with Gasteiger partial charge in [-0.05, 0) is 19.3 Å². The summed E-state index contributed by atoms with van der Waals surface area (Å²) in [7, 11) is 3.45. The summed E-state index contributed by atoms with van der Waals surface area (Å²) in [5.41, 5.74) is 0. The van der Waals surface area contributed by atoms with Crippen LogP contribution in [0.2, 0.25) is 0 Å². The molecule has 0 radical (unpaired) electrons. The average molecular weight is 232 g/mol. The Kier molecular flexibility index (Phi) is 14.8. The molecule has 0 rings (SSSR count). The van der Waals surface area contributed by atoms with Crippen LogP contribution in [0.4, 0.5) is 0 Å². The minimum Gasteiger partial charge on any atom is -0.400 e. The molecule has 0 atom stereocenters. The molecular formula is C14H34NO+. The van der Waals surface area contributed by atoms with E-state index in [1.54, 1.807) is 0 Å². The standard InChI is InChI=1S/C13H30N.CH4O/c1-5-8-11-14(4,12-9-6-2)13-10-7-3;1-2/h5-13H2,1-4H3;2H,1H3/q+1;. The zero-order valence-electron chi connectivity index (χ0n) is 12.3. The predicted octanol–water partition coefficient (Wildman–Crippen LogP) is 3.44. The fourth-order valence-electron chi connectivity index (χ4n) is 1.95. The Morgan fingerprint density at radius 2 is 0.938 bits per heavy atom. The number of aliphatic hydroxyl groups is 1. The van der Waals surface area contributed by atoms with Crippen LogP contribution in [0.5, 0.6) is 0 Å². The summed E-state index contributed by atoms with van der Waals surface area (Å²) in [6.45, 7) is 11.0. The van der Waals surface area contributed by atoms with Gasteiger partial charge in [0.25, 0.3) is 0 Å². The van der Waals surface area contributed by atoms with E-state index in [0.29, 0.717) is 0 Å². The van der Waals surface area contributed by atoms with Crippen LogP contribution in [0, 0.1) is 0 Å². The van der Waals surface area contributed by atoms with Crippen molar-refractivity contribution < 1.29 is 9.59 Å². The highest BCUT2D eigenvalue weighted by atomic mass is 16.2. The molecule has 0 aromatic heterocycles. The van der Waals surface area contributed by atoms with E-state index in [4.69, 9.17) is 5.11 Å². The molecule has 0 aliphatic carbocycles. The first kappa shape index (κ1) is 18.3. The molecule has 16 heavy (non-hydrogen) atoms. The summed E-state index contributed by atoms with van der Waals surface area (Å²) < 4.78 is 1.32. The Morgan fingerprint density at radius 1 is 0.688 bits per heavy atom. The molecule has 0 saturated carbocycles. The molecule has 0 saturated heterocycles. The Hall–Kier alpha value is -0.0800. The fourth-order valence-corrected chi connectivity index (χ4v) is 1.95. The number of hydrogen-bond donors (Lipinski definition) is 1. The average Bonchev–Trinajstić information content (AvgIpc) is 2.34. The maximum atomic E-state index is 7.00. The SMILES string of the molecule is CCCC[N+](C)(CCCC)CCCC.CO. The van der Waals surface area contributed by atoms with Gasteiger partial charge in [-0.1, -0.05) is 40.0 Å².